The van der Waals surface area contributed by atoms with E-state index in [0.29, 0.717) is 30.1 Å². The Kier molecular flexibility index (Phi) is 7.94. The highest BCUT2D eigenvalue weighted by atomic mass is 19.1. The van der Waals surface area contributed by atoms with Gasteiger partial charge >= 0.3 is 0 Å². The van der Waals surface area contributed by atoms with Crippen LogP contribution in [0, 0.1) is 5.82 Å². The number of nitrogens with one attached hydrogen (secondary N) is 1. The SMILES string of the molecule is COc1ccccc1-c1nccc(C(=O)Nc2nc3cc(CN4CCOCC4)ccc3n2C2CCC(C)(O)CC2)c1F. The van der Waals surface area contributed by atoms with Gasteiger partial charge in [-0.05, 0) is 68.5 Å². The van der Waals surface area contributed by atoms with E-state index in [1.54, 1.807) is 24.3 Å². The Morgan fingerprint density at radius 2 is 1.93 bits per heavy atom. The van der Waals surface area contributed by atoms with Gasteiger partial charge in [-0.15, -0.1) is 0 Å². The normalized spacial score (nSPS) is 21.4. The molecule has 10 heteroatoms. The molecule has 0 atom stereocenters. The second-order valence-corrected chi connectivity index (χ2v) is 11.4. The molecule has 2 N–H and O–H groups in total. The first-order valence-electron chi connectivity index (χ1n) is 14.5. The number of imidazole rings is 1. The summed E-state index contributed by atoms with van der Waals surface area (Å²) in [4.78, 5) is 25.0. The Bertz CT molecular complexity index is 1590. The molecule has 0 radical (unpaired) electrons. The number of para-hydroxylation sites is 1. The van der Waals surface area contributed by atoms with Gasteiger partial charge < -0.3 is 19.1 Å². The van der Waals surface area contributed by atoms with Crippen molar-refractivity contribution in [3.05, 3.63) is 71.7 Å². The Morgan fingerprint density at radius 3 is 2.69 bits per heavy atom. The van der Waals surface area contributed by atoms with Crippen molar-refractivity contribution in [1.29, 1.82) is 0 Å². The van der Waals surface area contributed by atoms with E-state index >= 15 is 4.39 Å². The molecular formula is C32H36FN5O4. The average molecular weight is 574 g/mol. The molecule has 1 saturated carbocycles. The Morgan fingerprint density at radius 1 is 1.17 bits per heavy atom. The van der Waals surface area contributed by atoms with Gasteiger partial charge in [0.2, 0.25) is 5.95 Å². The van der Waals surface area contributed by atoms with Crippen LogP contribution in [0.3, 0.4) is 0 Å². The molecule has 9 nitrogen and oxygen atoms in total. The van der Waals surface area contributed by atoms with Crippen LogP contribution in [-0.2, 0) is 11.3 Å². The van der Waals surface area contributed by atoms with Gasteiger partial charge in [-0.2, -0.15) is 0 Å². The zero-order chi connectivity index (χ0) is 29.3. The van der Waals surface area contributed by atoms with Crippen LogP contribution in [0.1, 0.15) is 54.6 Å². The lowest BCUT2D eigenvalue weighted by atomic mass is 9.83. The maximum absolute atomic E-state index is 15.8. The van der Waals surface area contributed by atoms with Gasteiger partial charge in [-0.3, -0.25) is 20.0 Å². The number of anilines is 1. The average Bonchev–Trinajstić information content (AvgIpc) is 3.34. The molecule has 2 aromatic heterocycles. The molecule has 1 saturated heterocycles. The summed E-state index contributed by atoms with van der Waals surface area (Å²) in [5.74, 6) is -0.521. The number of hydrogen-bond acceptors (Lipinski definition) is 7. The lowest BCUT2D eigenvalue weighted by molar-refractivity contribution is 0.0106. The van der Waals surface area contributed by atoms with Gasteiger partial charge in [0, 0.05) is 37.4 Å². The van der Waals surface area contributed by atoms with Crippen LogP contribution in [-0.4, -0.2) is 69.5 Å². The molecule has 1 aliphatic carbocycles. The number of halogens is 1. The largest absolute Gasteiger partial charge is 0.496 e. The highest BCUT2D eigenvalue weighted by molar-refractivity contribution is 6.05. The lowest BCUT2D eigenvalue weighted by Gasteiger charge is -2.34. The monoisotopic (exact) mass is 573 g/mol. The number of rotatable bonds is 7. The zero-order valence-electron chi connectivity index (χ0n) is 24.0. The molecule has 4 aromatic rings. The van der Waals surface area contributed by atoms with E-state index in [1.807, 2.05) is 17.6 Å². The Labute approximate surface area is 244 Å². The minimum Gasteiger partial charge on any atom is -0.496 e. The standard InChI is InChI=1S/C32H36FN5O4/c1-32(40)12-9-22(10-13-32)38-26-8-7-21(20-37-15-17-42-18-16-37)19-25(26)35-31(38)36-30(39)24-11-14-34-29(28(24)33)23-5-3-4-6-27(23)41-2/h3-8,11,14,19,22,40H,9-10,12-13,15-18,20H2,1-2H3,(H,35,36,39). The van der Waals surface area contributed by atoms with Crippen molar-refractivity contribution in [1.82, 2.24) is 19.4 Å². The lowest BCUT2D eigenvalue weighted by Crippen LogP contribution is -2.35. The van der Waals surface area contributed by atoms with Crippen molar-refractivity contribution >= 4 is 22.9 Å². The van der Waals surface area contributed by atoms with Crippen molar-refractivity contribution in [2.24, 2.45) is 0 Å². The predicted octanol–water partition coefficient (Wildman–Crippen LogP) is 5.20. The maximum atomic E-state index is 15.8. The minimum atomic E-state index is -0.733. The molecule has 1 aliphatic heterocycles. The molecule has 2 aromatic carbocycles. The maximum Gasteiger partial charge on any atom is 0.261 e. The number of amides is 1. The van der Waals surface area contributed by atoms with Crippen molar-refractivity contribution < 1.29 is 23.8 Å². The number of fused-ring (bicyclic) bond motifs is 1. The molecule has 42 heavy (non-hydrogen) atoms. The summed E-state index contributed by atoms with van der Waals surface area (Å²) in [6.45, 7) is 5.86. The topological polar surface area (TPSA) is 102 Å². The fraction of sp³-hybridized carbons (Fsp3) is 0.406. The number of aliphatic hydroxyl groups is 1. The molecule has 2 fully saturated rings. The first kappa shape index (κ1) is 28.3. The van der Waals surface area contributed by atoms with Gasteiger partial charge in [0.15, 0.2) is 5.82 Å². The first-order valence-corrected chi connectivity index (χ1v) is 14.5. The number of hydrogen-bond donors (Lipinski definition) is 2. The quantitative estimate of drug-likeness (QED) is 0.314. The van der Waals surface area contributed by atoms with Crippen LogP contribution >= 0.6 is 0 Å². The second-order valence-electron chi connectivity index (χ2n) is 11.4. The smallest absolute Gasteiger partial charge is 0.261 e. The van der Waals surface area contributed by atoms with E-state index in [4.69, 9.17) is 14.5 Å². The minimum absolute atomic E-state index is 0.0297. The second kappa shape index (κ2) is 11.8. The van der Waals surface area contributed by atoms with Gasteiger partial charge in [0.25, 0.3) is 5.91 Å². The van der Waals surface area contributed by atoms with Crippen LogP contribution in [0.15, 0.2) is 54.7 Å². The molecule has 2 aliphatic rings. The van der Waals surface area contributed by atoms with Gasteiger partial charge in [0.1, 0.15) is 11.4 Å². The summed E-state index contributed by atoms with van der Waals surface area (Å²) in [5.41, 5.74) is 2.43. The predicted molar refractivity (Wildman–Crippen MR) is 158 cm³/mol. The number of carbonyl (C=O) groups excluding carboxylic acids is 1. The highest BCUT2D eigenvalue weighted by Gasteiger charge is 2.32. The van der Waals surface area contributed by atoms with E-state index in [9.17, 15) is 9.90 Å². The summed E-state index contributed by atoms with van der Waals surface area (Å²) in [6.07, 6.45) is 4.17. The van der Waals surface area contributed by atoms with Gasteiger partial charge in [-0.25, -0.2) is 9.37 Å². The summed E-state index contributed by atoms with van der Waals surface area (Å²) < 4.78 is 28.7. The number of pyridine rings is 1. The summed E-state index contributed by atoms with van der Waals surface area (Å²) >= 11 is 0. The molecule has 0 unspecified atom stereocenters. The first-order chi connectivity index (χ1) is 20.3. The summed E-state index contributed by atoms with van der Waals surface area (Å²) in [6, 6.07) is 14.6. The van der Waals surface area contributed by atoms with Crippen LogP contribution in [0.4, 0.5) is 10.3 Å². The van der Waals surface area contributed by atoms with E-state index in [0.717, 1.165) is 62.3 Å². The summed E-state index contributed by atoms with van der Waals surface area (Å²) in [7, 11) is 1.51. The number of benzene rings is 2. The highest BCUT2D eigenvalue weighted by Crippen LogP contribution is 2.39. The third-order valence-corrected chi connectivity index (χ3v) is 8.38. The fourth-order valence-electron chi connectivity index (χ4n) is 6.02. The van der Waals surface area contributed by atoms with Crippen LogP contribution in [0.5, 0.6) is 5.75 Å². The molecule has 6 rings (SSSR count). The van der Waals surface area contributed by atoms with Crippen LogP contribution < -0.4 is 10.1 Å². The van der Waals surface area contributed by atoms with Crippen LogP contribution in [0.25, 0.3) is 22.3 Å². The Balaban J connectivity index is 1.34. The van der Waals surface area contributed by atoms with E-state index in [-0.39, 0.29) is 17.3 Å². The third kappa shape index (κ3) is 5.74. The zero-order valence-corrected chi connectivity index (χ0v) is 24.0. The molecular weight excluding hydrogens is 537 g/mol. The molecule has 1 amide bonds. The summed E-state index contributed by atoms with van der Waals surface area (Å²) in [5, 5.41) is 13.5. The molecule has 220 valence electrons. The van der Waals surface area contributed by atoms with E-state index in [2.05, 4.69) is 27.3 Å². The fourth-order valence-corrected chi connectivity index (χ4v) is 6.02. The number of carbonyl (C=O) groups is 1. The third-order valence-electron chi connectivity index (χ3n) is 8.38. The molecule has 3 heterocycles. The van der Waals surface area contributed by atoms with Gasteiger partial charge in [-0.1, -0.05) is 18.2 Å². The van der Waals surface area contributed by atoms with Crippen molar-refractivity contribution in [3.8, 4) is 17.0 Å². The number of nitrogens with zero attached hydrogens (tertiary/aromatic N) is 4. The number of morpholine rings is 1. The van der Waals surface area contributed by atoms with Crippen molar-refractivity contribution in [3.63, 3.8) is 0 Å². The number of methoxy groups -OCH3 is 1. The van der Waals surface area contributed by atoms with Crippen LogP contribution in [0.2, 0.25) is 0 Å². The molecule has 0 spiro atoms. The van der Waals surface area contributed by atoms with E-state index < -0.39 is 17.3 Å². The van der Waals surface area contributed by atoms with Crippen molar-refractivity contribution in [2.75, 3.05) is 38.7 Å². The van der Waals surface area contributed by atoms with E-state index in [1.165, 1.54) is 19.4 Å². The number of aromatic nitrogens is 3. The van der Waals surface area contributed by atoms with Crippen molar-refractivity contribution in [2.45, 2.75) is 50.8 Å². The van der Waals surface area contributed by atoms with Gasteiger partial charge in [0.05, 0.1) is 42.5 Å². The Hall–Kier alpha value is -3.86. The molecule has 0 bridgehead atoms. The number of ether oxygens (including phenoxy) is 2.